The van der Waals surface area contributed by atoms with Gasteiger partial charge in [-0.2, -0.15) is 0 Å². The van der Waals surface area contributed by atoms with E-state index in [-0.39, 0.29) is 12.4 Å². The molecule has 0 aromatic heterocycles. The van der Waals surface area contributed by atoms with Gasteiger partial charge in [0.2, 0.25) is 5.75 Å². The van der Waals surface area contributed by atoms with Crippen molar-refractivity contribution in [1.29, 1.82) is 0 Å². The molecule has 0 aliphatic rings. The number of hydrogen-bond acceptors (Lipinski definition) is 6. The van der Waals surface area contributed by atoms with Gasteiger partial charge in [0.1, 0.15) is 0 Å². The zero-order valence-electron chi connectivity index (χ0n) is 11.6. The topological polar surface area (TPSA) is 80.0 Å². The number of nitrogens with two attached hydrogens (primary N) is 1. The molecule has 0 radical (unpaired) electrons. The lowest BCUT2D eigenvalue weighted by atomic mass is 10.0. The monoisotopic (exact) mass is 269 g/mol. The van der Waals surface area contributed by atoms with Crippen LogP contribution >= 0.6 is 0 Å². The second-order valence-corrected chi connectivity index (χ2v) is 3.81. The van der Waals surface area contributed by atoms with Crippen molar-refractivity contribution in [3.8, 4) is 17.2 Å². The first-order valence-electron chi connectivity index (χ1n) is 5.70. The minimum absolute atomic E-state index is 0.0579. The molecule has 0 aliphatic heterocycles. The van der Waals surface area contributed by atoms with E-state index in [2.05, 4.69) is 4.74 Å². The van der Waals surface area contributed by atoms with Gasteiger partial charge < -0.3 is 24.7 Å². The number of ether oxygens (including phenoxy) is 4. The molecule has 0 saturated heterocycles. The Morgan fingerprint density at radius 2 is 1.74 bits per heavy atom. The van der Waals surface area contributed by atoms with E-state index < -0.39 is 6.04 Å². The predicted octanol–water partition coefficient (Wildman–Crippen LogP) is 1.28. The summed E-state index contributed by atoms with van der Waals surface area (Å²) in [6, 6.07) is 2.92. The third-order valence-corrected chi connectivity index (χ3v) is 2.75. The first-order valence-corrected chi connectivity index (χ1v) is 5.70. The molecule has 1 atom stereocenters. The van der Waals surface area contributed by atoms with Crippen molar-refractivity contribution in [2.24, 2.45) is 5.73 Å². The van der Waals surface area contributed by atoms with Gasteiger partial charge in [-0.05, 0) is 12.1 Å². The van der Waals surface area contributed by atoms with Crippen LogP contribution in [0.4, 0.5) is 0 Å². The van der Waals surface area contributed by atoms with Gasteiger partial charge in [-0.25, -0.2) is 0 Å². The van der Waals surface area contributed by atoms with Gasteiger partial charge in [0.05, 0.1) is 34.9 Å². The molecule has 0 bridgehead atoms. The largest absolute Gasteiger partial charge is 0.493 e. The highest BCUT2D eigenvalue weighted by Crippen LogP contribution is 2.42. The Morgan fingerprint density at radius 3 is 2.21 bits per heavy atom. The van der Waals surface area contributed by atoms with Crippen molar-refractivity contribution in [2.45, 2.75) is 12.5 Å². The second-order valence-electron chi connectivity index (χ2n) is 3.81. The van der Waals surface area contributed by atoms with E-state index in [4.69, 9.17) is 19.9 Å². The molecule has 1 rings (SSSR count). The van der Waals surface area contributed by atoms with Crippen LogP contribution in [0.15, 0.2) is 12.1 Å². The summed E-state index contributed by atoms with van der Waals surface area (Å²) in [4.78, 5) is 11.3. The Balaban J connectivity index is 3.17. The Labute approximate surface area is 112 Å². The van der Waals surface area contributed by atoms with Crippen molar-refractivity contribution in [1.82, 2.24) is 0 Å². The number of carbonyl (C=O) groups excluding carboxylic acids is 1. The highest BCUT2D eigenvalue weighted by atomic mass is 16.5. The highest BCUT2D eigenvalue weighted by Gasteiger charge is 2.21. The van der Waals surface area contributed by atoms with Crippen molar-refractivity contribution >= 4 is 5.97 Å². The van der Waals surface area contributed by atoms with Gasteiger partial charge in [-0.3, -0.25) is 4.79 Å². The van der Waals surface area contributed by atoms with Gasteiger partial charge in [0.25, 0.3) is 0 Å². The summed E-state index contributed by atoms with van der Waals surface area (Å²) in [5.41, 5.74) is 6.64. The first-order chi connectivity index (χ1) is 9.08. The number of rotatable bonds is 6. The summed E-state index contributed by atoms with van der Waals surface area (Å²) in [6.07, 6.45) is 0.0579. The van der Waals surface area contributed by atoms with Gasteiger partial charge >= 0.3 is 5.97 Å². The third-order valence-electron chi connectivity index (χ3n) is 2.75. The summed E-state index contributed by atoms with van der Waals surface area (Å²) < 4.78 is 20.3. The third kappa shape index (κ3) is 3.29. The fourth-order valence-corrected chi connectivity index (χ4v) is 1.79. The number of hydrogen-bond donors (Lipinski definition) is 1. The molecule has 0 unspecified atom stereocenters. The molecule has 1 aromatic rings. The molecule has 0 amide bonds. The standard InChI is InChI=1S/C13H19NO5/c1-16-10-6-5-8(9(14)7-11(15)17-2)12(18-3)13(10)19-4/h5-6,9H,7,14H2,1-4H3/t9-/m1/s1. The van der Waals surface area contributed by atoms with Crippen LogP contribution in [-0.2, 0) is 9.53 Å². The maximum Gasteiger partial charge on any atom is 0.307 e. The minimum Gasteiger partial charge on any atom is -0.493 e. The molecular formula is C13H19NO5. The van der Waals surface area contributed by atoms with Gasteiger partial charge in [-0.15, -0.1) is 0 Å². The number of benzene rings is 1. The summed E-state index contributed by atoms with van der Waals surface area (Å²) >= 11 is 0. The van der Waals surface area contributed by atoms with Crippen LogP contribution in [0.1, 0.15) is 18.0 Å². The molecule has 106 valence electrons. The molecule has 2 N–H and O–H groups in total. The van der Waals surface area contributed by atoms with Crippen LogP contribution in [-0.4, -0.2) is 34.4 Å². The van der Waals surface area contributed by atoms with Crippen molar-refractivity contribution in [2.75, 3.05) is 28.4 Å². The summed E-state index contributed by atoms with van der Waals surface area (Å²) in [6.45, 7) is 0. The SMILES string of the molecule is COC(=O)C[C@@H](N)c1ccc(OC)c(OC)c1OC. The quantitative estimate of drug-likeness (QED) is 0.783. The van der Waals surface area contributed by atoms with Crippen LogP contribution in [0, 0.1) is 0 Å². The lowest BCUT2D eigenvalue weighted by Crippen LogP contribution is -2.17. The molecule has 0 heterocycles. The average Bonchev–Trinajstić information content (AvgIpc) is 2.44. The zero-order chi connectivity index (χ0) is 14.4. The molecule has 6 nitrogen and oxygen atoms in total. The van der Waals surface area contributed by atoms with E-state index in [1.807, 2.05) is 0 Å². The van der Waals surface area contributed by atoms with Crippen LogP contribution < -0.4 is 19.9 Å². The lowest BCUT2D eigenvalue weighted by molar-refractivity contribution is -0.141. The van der Waals surface area contributed by atoms with Crippen molar-refractivity contribution < 1.29 is 23.7 Å². The second kappa shape index (κ2) is 6.84. The summed E-state index contributed by atoms with van der Waals surface area (Å²) in [7, 11) is 5.87. The summed E-state index contributed by atoms with van der Waals surface area (Å²) in [5, 5.41) is 0. The maximum atomic E-state index is 11.3. The maximum absolute atomic E-state index is 11.3. The number of carbonyl (C=O) groups is 1. The molecule has 0 fully saturated rings. The van der Waals surface area contributed by atoms with E-state index in [1.165, 1.54) is 28.4 Å². The molecular weight excluding hydrogens is 250 g/mol. The van der Waals surface area contributed by atoms with Gasteiger partial charge in [0, 0.05) is 11.6 Å². The normalized spacial score (nSPS) is 11.6. The zero-order valence-corrected chi connectivity index (χ0v) is 11.6. The highest BCUT2D eigenvalue weighted by molar-refractivity contribution is 5.71. The van der Waals surface area contributed by atoms with E-state index in [9.17, 15) is 4.79 Å². The fourth-order valence-electron chi connectivity index (χ4n) is 1.79. The van der Waals surface area contributed by atoms with Crippen LogP contribution in [0.25, 0.3) is 0 Å². The van der Waals surface area contributed by atoms with E-state index >= 15 is 0 Å². The molecule has 6 heteroatoms. The lowest BCUT2D eigenvalue weighted by Gasteiger charge is -2.19. The Morgan fingerprint density at radius 1 is 1.11 bits per heavy atom. The number of methoxy groups -OCH3 is 4. The van der Waals surface area contributed by atoms with E-state index in [1.54, 1.807) is 12.1 Å². The molecule has 1 aromatic carbocycles. The molecule has 0 spiro atoms. The number of esters is 1. The van der Waals surface area contributed by atoms with Gasteiger partial charge in [-0.1, -0.05) is 0 Å². The fraction of sp³-hybridized carbons (Fsp3) is 0.462. The van der Waals surface area contributed by atoms with Crippen molar-refractivity contribution in [3.63, 3.8) is 0 Å². The Kier molecular flexibility index (Phi) is 5.44. The van der Waals surface area contributed by atoms with Crippen LogP contribution in [0.2, 0.25) is 0 Å². The average molecular weight is 269 g/mol. The Hall–Kier alpha value is -1.95. The molecule has 0 aliphatic carbocycles. The van der Waals surface area contributed by atoms with Crippen LogP contribution in [0.3, 0.4) is 0 Å². The Bertz CT molecular complexity index is 447. The van der Waals surface area contributed by atoms with Crippen LogP contribution in [0.5, 0.6) is 17.2 Å². The van der Waals surface area contributed by atoms with E-state index in [0.29, 0.717) is 22.8 Å². The minimum atomic E-state index is -0.540. The molecule has 0 saturated carbocycles. The first kappa shape index (κ1) is 15.1. The van der Waals surface area contributed by atoms with E-state index in [0.717, 1.165) is 0 Å². The summed E-state index contributed by atoms with van der Waals surface area (Å²) in [5.74, 6) is 1.05. The predicted molar refractivity (Wildman–Crippen MR) is 69.7 cm³/mol. The molecule has 19 heavy (non-hydrogen) atoms. The smallest absolute Gasteiger partial charge is 0.307 e. The van der Waals surface area contributed by atoms with Gasteiger partial charge in [0.15, 0.2) is 11.5 Å². The van der Waals surface area contributed by atoms with Crippen molar-refractivity contribution in [3.05, 3.63) is 17.7 Å².